The van der Waals surface area contributed by atoms with Crippen molar-refractivity contribution in [1.82, 2.24) is 4.98 Å². The van der Waals surface area contributed by atoms with Crippen LogP contribution >= 0.6 is 11.3 Å². The number of aliphatic hydroxyl groups excluding tert-OH is 1. The topological polar surface area (TPSA) is 89.0 Å². The molecule has 0 bridgehead atoms. The Morgan fingerprint density at radius 2 is 1.97 bits per heavy atom. The lowest BCUT2D eigenvalue weighted by Gasteiger charge is -2.36. The zero-order chi connectivity index (χ0) is 27.8. The summed E-state index contributed by atoms with van der Waals surface area (Å²) >= 11 is 1.63. The second kappa shape index (κ2) is 11.2. The van der Waals surface area contributed by atoms with Crippen LogP contribution in [0.25, 0.3) is 10.2 Å². The number of ketones is 1. The van der Waals surface area contributed by atoms with E-state index in [1.165, 1.54) is 0 Å². The Kier molecular flexibility index (Phi) is 8.51. The van der Waals surface area contributed by atoms with Gasteiger partial charge in [0.2, 0.25) is 0 Å². The Morgan fingerprint density at radius 3 is 2.68 bits per heavy atom. The number of aromatic nitrogens is 1. The van der Waals surface area contributed by atoms with Crippen molar-refractivity contribution in [2.75, 3.05) is 0 Å². The van der Waals surface area contributed by atoms with Crippen molar-refractivity contribution in [1.29, 1.82) is 0 Å². The molecule has 6 nitrogen and oxygen atoms in total. The maximum Gasteiger partial charge on any atom is 0.309 e. The molecule has 2 fully saturated rings. The fourth-order valence-corrected chi connectivity index (χ4v) is 6.76. The number of benzene rings is 1. The fraction of sp³-hybridized carbons (Fsp3) is 0.645. The lowest BCUT2D eigenvalue weighted by Crippen LogP contribution is -2.44. The Labute approximate surface area is 230 Å². The number of esters is 1. The van der Waals surface area contributed by atoms with Crippen molar-refractivity contribution < 1.29 is 24.2 Å². The highest BCUT2D eigenvalue weighted by molar-refractivity contribution is 7.18. The van der Waals surface area contributed by atoms with Crippen LogP contribution in [0.5, 0.6) is 0 Å². The zero-order valence-electron chi connectivity index (χ0n) is 23.7. The van der Waals surface area contributed by atoms with Crippen LogP contribution < -0.4 is 0 Å². The molecule has 2 aliphatic heterocycles. The standard InChI is InChI=1S/C31H43NO5S/c1-8-10-22-19(3)18(2)11-9-14-31(7)27(37-31)16-24(21-12-13-25-23(15-21)32-20(4)38-25)36-28(34)17-26(33)30(5,6)29(22)35/h8,12-13,15,18-19,22,24,26-27,33H,1,9-11,14,16-17H2,2-7H3/t18-,19-,22?,24-,26-,27-,31+/m0/s1. The molecule has 38 heavy (non-hydrogen) atoms. The quantitative estimate of drug-likeness (QED) is 0.263. The molecular formula is C31H43NO5S. The lowest BCUT2D eigenvalue weighted by molar-refractivity contribution is -0.156. The SMILES string of the molecule is C=CCC1C(=O)C(C)(C)[C@@H](O)CC(=O)O[C@H](c2ccc3sc(C)nc3c2)C[C@@H]2O[C@]2(C)CCC[C@H](C)[C@@H]1C. The van der Waals surface area contributed by atoms with Crippen molar-refractivity contribution in [3.05, 3.63) is 41.4 Å². The van der Waals surface area contributed by atoms with Gasteiger partial charge < -0.3 is 14.6 Å². The number of epoxide rings is 1. The lowest BCUT2D eigenvalue weighted by atomic mass is 9.68. The molecule has 7 heteroatoms. The molecule has 2 aromatic rings. The average Bonchev–Trinajstić information content (AvgIpc) is 3.32. The van der Waals surface area contributed by atoms with Gasteiger partial charge in [-0.05, 0) is 56.2 Å². The number of cyclic esters (lactones) is 1. The molecule has 0 spiro atoms. The summed E-state index contributed by atoms with van der Waals surface area (Å²) in [5.74, 6) is -0.352. The Bertz CT molecular complexity index is 1190. The van der Waals surface area contributed by atoms with Crippen LogP contribution in [0.15, 0.2) is 30.9 Å². The first-order valence-corrected chi connectivity index (χ1v) is 14.7. The van der Waals surface area contributed by atoms with E-state index in [1.54, 1.807) is 31.3 Å². The number of carbonyl (C=O) groups is 2. The minimum absolute atomic E-state index is 0.00902. The van der Waals surface area contributed by atoms with E-state index >= 15 is 0 Å². The second-order valence-corrected chi connectivity index (χ2v) is 13.5. The highest BCUT2D eigenvalue weighted by Gasteiger charge is 2.53. The molecule has 4 rings (SSSR count). The molecule has 1 aromatic carbocycles. The number of ether oxygens (including phenoxy) is 2. The minimum atomic E-state index is -1.16. The van der Waals surface area contributed by atoms with Gasteiger partial charge in [-0.25, -0.2) is 4.98 Å². The molecule has 1 unspecified atom stereocenters. The minimum Gasteiger partial charge on any atom is -0.457 e. The number of nitrogens with zero attached hydrogens (tertiary/aromatic N) is 1. The number of Topliss-reactive ketones (excluding diaryl/α,β-unsaturated/α-hetero) is 1. The normalized spacial score (nSPS) is 34.9. The third-order valence-electron chi connectivity index (χ3n) is 9.08. The van der Waals surface area contributed by atoms with Gasteiger partial charge in [0.25, 0.3) is 0 Å². The molecule has 0 amide bonds. The van der Waals surface area contributed by atoms with E-state index in [2.05, 4.69) is 32.3 Å². The summed E-state index contributed by atoms with van der Waals surface area (Å²) in [6.45, 7) is 15.8. The van der Waals surface area contributed by atoms with Crippen molar-refractivity contribution in [3.63, 3.8) is 0 Å². The fourth-order valence-electron chi connectivity index (χ4n) is 5.95. The van der Waals surface area contributed by atoms with E-state index in [0.717, 1.165) is 40.1 Å². The van der Waals surface area contributed by atoms with Gasteiger partial charge >= 0.3 is 5.97 Å². The highest BCUT2D eigenvalue weighted by atomic mass is 32.1. The number of rotatable bonds is 3. The summed E-state index contributed by atoms with van der Waals surface area (Å²) in [6, 6.07) is 6.00. The number of fused-ring (bicyclic) bond motifs is 2. The summed E-state index contributed by atoms with van der Waals surface area (Å²) < 4.78 is 13.3. The van der Waals surface area contributed by atoms with E-state index in [4.69, 9.17) is 9.47 Å². The van der Waals surface area contributed by atoms with Gasteiger partial charge in [0.15, 0.2) is 0 Å². The van der Waals surface area contributed by atoms with Gasteiger partial charge in [0, 0.05) is 12.3 Å². The third-order valence-corrected chi connectivity index (χ3v) is 10.0. The largest absolute Gasteiger partial charge is 0.457 e. The predicted molar refractivity (Wildman–Crippen MR) is 151 cm³/mol. The second-order valence-electron chi connectivity index (χ2n) is 12.3. The predicted octanol–water partition coefficient (Wildman–Crippen LogP) is 6.73. The van der Waals surface area contributed by atoms with E-state index in [9.17, 15) is 14.7 Å². The Morgan fingerprint density at radius 1 is 1.24 bits per heavy atom. The van der Waals surface area contributed by atoms with Crippen molar-refractivity contribution >= 4 is 33.3 Å². The number of hydrogen-bond donors (Lipinski definition) is 1. The Balaban J connectivity index is 1.63. The smallest absolute Gasteiger partial charge is 0.309 e. The van der Waals surface area contributed by atoms with Gasteiger partial charge in [-0.15, -0.1) is 17.9 Å². The van der Waals surface area contributed by atoms with Crippen LogP contribution in [-0.4, -0.2) is 39.7 Å². The third kappa shape index (κ3) is 6.05. The number of aliphatic hydroxyl groups is 1. The van der Waals surface area contributed by atoms with Crippen LogP contribution in [0.3, 0.4) is 0 Å². The van der Waals surface area contributed by atoms with E-state index in [1.807, 2.05) is 25.1 Å². The van der Waals surface area contributed by atoms with Crippen LogP contribution in [0.2, 0.25) is 0 Å². The summed E-state index contributed by atoms with van der Waals surface area (Å²) in [5, 5.41) is 12.1. The number of aryl methyl sites for hydroxylation is 1. The van der Waals surface area contributed by atoms with Crippen LogP contribution in [0.4, 0.5) is 0 Å². The summed E-state index contributed by atoms with van der Waals surface area (Å²) in [7, 11) is 0. The zero-order valence-corrected chi connectivity index (χ0v) is 24.5. The molecule has 2 aliphatic rings. The molecule has 1 N–H and O–H groups in total. The van der Waals surface area contributed by atoms with Gasteiger partial charge in [-0.2, -0.15) is 0 Å². The molecule has 0 saturated carbocycles. The molecule has 7 atom stereocenters. The maximum absolute atomic E-state index is 13.8. The number of thiazole rings is 1. The van der Waals surface area contributed by atoms with Crippen molar-refractivity contribution in [3.8, 4) is 0 Å². The average molecular weight is 542 g/mol. The highest BCUT2D eigenvalue weighted by Crippen LogP contribution is 2.47. The number of allylic oxidation sites excluding steroid dienone is 1. The molecule has 3 heterocycles. The first-order chi connectivity index (χ1) is 17.9. The maximum atomic E-state index is 13.8. The molecule has 208 valence electrons. The summed E-state index contributed by atoms with van der Waals surface area (Å²) in [6.07, 6.45) is 3.86. The molecular weight excluding hydrogens is 498 g/mol. The first kappa shape index (κ1) is 28.9. The van der Waals surface area contributed by atoms with Gasteiger partial charge in [0.05, 0.1) is 44.9 Å². The molecule has 2 saturated heterocycles. The first-order valence-electron chi connectivity index (χ1n) is 13.9. The van der Waals surface area contributed by atoms with Crippen LogP contribution in [0.1, 0.15) is 89.8 Å². The number of carbonyl (C=O) groups excluding carboxylic acids is 2. The van der Waals surface area contributed by atoms with Gasteiger partial charge in [-0.3, -0.25) is 9.59 Å². The van der Waals surface area contributed by atoms with Gasteiger partial charge in [0.1, 0.15) is 11.9 Å². The summed E-state index contributed by atoms with van der Waals surface area (Å²) in [5.41, 5.74) is 0.413. The Hall–Kier alpha value is -2.09. The monoisotopic (exact) mass is 541 g/mol. The van der Waals surface area contributed by atoms with Gasteiger partial charge in [-0.1, -0.05) is 52.7 Å². The molecule has 0 radical (unpaired) electrons. The van der Waals surface area contributed by atoms with Crippen LogP contribution in [0, 0.1) is 30.1 Å². The van der Waals surface area contributed by atoms with Crippen molar-refractivity contribution in [2.45, 2.75) is 104 Å². The molecule has 0 aliphatic carbocycles. The van der Waals surface area contributed by atoms with Crippen molar-refractivity contribution in [2.24, 2.45) is 23.2 Å². The summed E-state index contributed by atoms with van der Waals surface area (Å²) in [4.78, 5) is 31.6. The molecule has 1 aromatic heterocycles. The van der Waals surface area contributed by atoms with E-state index < -0.39 is 23.6 Å². The van der Waals surface area contributed by atoms with E-state index in [0.29, 0.717) is 18.8 Å². The van der Waals surface area contributed by atoms with E-state index in [-0.39, 0.29) is 35.7 Å². The number of hydrogen-bond acceptors (Lipinski definition) is 7. The van der Waals surface area contributed by atoms with Crippen LogP contribution in [-0.2, 0) is 19.1 Å².